The Morgan fingerprint density at radius 1 is 1.00 bits per heavy atom. The van der Waals surface area contributed by atoms with Crippen molar-refractivity contribution in [1.29, 1.82) is 0 Å². The quantitative estimate of drug-likeness (QED) is 0.749. The number of hydrogen-bond acceptors (Lipinski definition) is 4. The molecule has 3 aromatic rings. The van der Waals surface area contributed by atoms with Gasteiger partial charge in [-0.3, -0.25) is 4.79 Å². The van der Waals surface area contributed by atoms with E-state index in [0.717, 1.165) is 15.2 Å². The van der Waals surface area contributed by atoms with Gasteiger partial charge in [0.25, 0.3) is 5.91 Å². The van der Waals surface area contributed by atoms with E-state index in [0.29, 0.717) is 5.56 Å². The number of hydrogen-bond donors (Lipinski definition) is 1. The summed E-state index contributed by atoms with van der Waals surface area (Å²) in [5, 5.41) is 3.70. The fourth-order valence-electron chi connectivity index (χ4n) is 2.56. The third kappa shape index (κ3) is 3.58. The van der Waals surface area contributed by atoms with Gasteiger partial charge in [0.05, 0.1) is 10.4 Å². The van der Waals surface area contributed by atoms with Gasteiger partial charge in [0.15, 0.2) is 0 Å². The molecule has 26 heavy (non-hydrogen) atoms. The summed E-state index contributed by atoms with van der Waals surface area (Å²) >= 11 is 0. The lowest BCUT2D eigenvalue weighted by Crippen LogP contribution is -2.27. The number of sulfonamides is 1. The molecule has 0 fully saturated rings. The summed E-state index contributed by atoms with van der Waals surface area (Å²) in [7, 11) is -0.631. The van der Waals surface area contributed by atoms with E-state index < -0.39 is 10.0 Å². The first-order chi connectivity index (χ1) is 12.4. The summed E-state index contributed by atoms with van der Waals surface area (Å²) in [6, 6.07) is 17.6. The van der Waals surface area contributed by atoms with Crippen LogP contribution < -0.4 is 5.32 Å². The summed E-state index contributed by atoms with van der Waals surface area (Å²) < 4.78 is 26.0. The van der Waals surface area contributed by atoms with Gasteiger partial charge >= 0.3 is 0 Å². The molecule has 1 amide bonds. The molecular formula is C19H19N3O3S. The van der Waals surface area contributed by atoms with Gasteiger partial charge in [0, 0.05) is 26.0 Å². The maximum atomic E-state index is 12.4. The number of aromatic nitrogens is 1. The summed E-state index contributed by atoms with van der Waals surface area (Å²) in [4.78, 5) is 16.9. The normalized spacial score (nSPS) is 11.7. The van der Waals surface area contributed by atoms with Crippen molar-refractivity contribution in [3.8, 4) is 0 Å². The van der Waals surface area contributed by atoms with Gasteiger partial charge in [0.2, 0.25) is 10.0 Å². The van der Waals surface area contributed by atoms with Crippen molar-refractivity contribution in [2.24, 2.45) is 0 Å². The Hall–Kier alpha value is -2.77. The van der Waals surface area contributed by atoms with Gasteiger partial charge in [-0.25, -0.2) is 17.7 Å². The Balaban J connectivity index is 1.82. The summed E-state index contributed by atoms with van der Waals surface area (Å²) in [6.07, 6.45) is 0. The lowest BCUT2D eigenvalue weighted by molar-refractivity contribution is 0.0946. The monoisotopic (exact) mass is 369 g/mol. The summed E-state index contributed by atoms with van der Waals surface area (Å²) in [6.45, 7) is 0.0938. The van der Waals surface area contributed by atoms with Crippen LogP contribution in [0.3, 0.4) is 0 Å². The van der Waals surface area contributed by atoms with Crippen LogP contribution in [0.25, 0.3) is 10.9 Å². The van der Waals surface area contributed by atoms with Crippen molar-refractivity contribution in [2.75, 3.05) is 14.1 Å². The van der Waals surface area contributed by atoms with E-state index in [-0.39, 0.29) is 23.0 Å². The van der Waals surface area contributed by atoms with Crippen molar-refractivity contribution in [3.05, 3.63) is 71.9 Å². The van der Waals surface area contributed by atoms with E-state index in [9.17, 15) is 13.2 Å². The van der Waals surface area contributed by atoms with Crippen molar-refractivity contribution in [2.45, 2.75) is 11.4 Å². The predicted molar refractivity (Wildman–Crippen MR) is 100 cm³/mol. The van der Waals surface area contributed by atoms with E-state index in [4.69, 9.17) is 0 Å². The van der Waals surface area contributed by atoms with Crippen LogP contribution in [0.1, 0.15) is 16.1 Å². The number of nitrogens with one attached hydrogen (secondary N) is 1. The van der Waals surface area contributed by atoms with Crippen LogP contribution in [0.15, 0.2) is 65.6 Å². The minimum atomic E-state index is -3.58. The third-order valence-corrected chi connectivity index (χ3v) is 5.92. The first-order valence-corrected chi connectivity index (χ1v) is 9.48. The molecule has 0 saturated carbocycles. The molecule has 2 aromatic carbocycles. The van der Waals surface area contributed by atoms with Gasteiger partial charge in [-0.15, -0.1) is 0 Å². The molecule has 134 valence electrons. The fraction of sp³-hybridized carbons (Fsp3) is 0.158. The van der Waals surface area contributed by atoms with Crippen molar-refractivity contribution in [1.82, 2.24) is 14.6 Å². The van der Waals surface area contributed by atoms with Gasteiger partial charge in [-0.2, -0.15) is 0 Å². The summed E-state index contributed by atoms with van der Waals surface area (Å²) in [5.74, 6) is -0.354. The molecule has 3 rings (SSSR count). The minimum Gasteiger partial charge on any atom is -0.347 e. The van der Waals surface area contributed by atoms with Crippen molar-refractivity contribution < 1.29 is 13.2 Å². The molecule has 1 aromatic heterocycles. The van der Waals surface area contributed by atoms with Crippen LogP contribution in [0.4, 0.5) is 0 Å². The molecular weight excluding hydrogens is 350 g/mol. The first kappa shape index (κ1) is 18.0. The van der Waals surface area contributed by atoms with Gasteiger partial charge in [0.1, 0.15) is 5.69 Å². The number of para-hydroxylation sites is 1. The molecule has 0 aliphatic heterocycles. The first-order valence-electron chi connectivity index (χ1n) is 8.04. The Morgan fingerprint density at radius 3 is 2.46 bits per heavy atom. The number of amides is 1. The number of carbonyl (C=O) groups excluding carboxylic acids is 1. The molecule has 0 unspecified atom stereocenters. The average molecular weight is 369 g/mol. The third-order valence-electron chi connectivity index (χ3n) is 4.00. The lowest BCUT2D eigenvalue weighted by atomic mass is 10.2. The lowest BCUT2D eigenvalue weighted by Gasteiger charge is -2.15. The highest BCUT2D eigenvalue weighted by Gasteiger charge is 2.21. The van der Waals surface area contributed by atoms with E-state index in [1.807, 2.05) is 30.3 Å². The van der Waals surface area contributed by atoms with Gasteiger partial charge in [-0.05, 0) is 23.8 Å². The second-order valence-electron chi connectivity index (χ2n) is 5.97. The Bertz CT molecular complexity index is 1060. The number of pyridine rings is 1. The van der Waals surface area contributed by atoms with Gasteiger partial charge in [-0.1, -0.05) is 42.5 Å². The van der Waals surface area contributed by atoms with Crippen LogP contribution in [0.2, 0.25) is 0 Å². The molecule has 6 nitrogen and oxygen atoms in total. The molecule has 0 radical (unpaired) electrons. The fourth-order valence-corrected chi connectivity index (χ4v) is 3.67. The molecule has 7 heteroatoms. The molecule has 0 aliphatic rings. The molecule has 1 N–H and O–H groups in total. The highest BCUT2D eigenvalue weighted by molar-refractivity contribution is 7.89. The van der Waals surface area contributed by atoms with Crippen LogP contribution >= 0.6 is 0 Å². The molecule has 0 bridgehead atoms. The van der Waals surface area contributed by atoms with Crippen LogP contribution in [0.5, 0.6) is 0 Å². The van der Waals surface area contributed by atoms with Crippen LogP contribution in [-0.2, 0) is 16.6 Å². The maximum Gasteiger partial charge on any atom is 0.270 e. The number of nitrogens with zero attached hydrogens (tertiary/aromatic N) is 2. The van der Waals surface area contributed by atoms with Crippen molar-refractivity contribution in [3.63, 3.8) is 0 Å². The predicted octanol–water partition coefficient (Wildman–Crippen LogP) is 2.42. The average Bonchev–Trinajstić information content (AvgIpc) is 2.65. The molecule has 0 saturated heterocycles. The molecule has 0 aliphatic carbocycles. The number of benzene rings is 2. The minimum absolute atomic E-state index is 0.0938. The maximum absolute atomic E-state index is 12.4. The van der Waals surface area contributed by atoms with Crippen LogP contribution in [0, 0.1) is 0 Å². The zero-order chi connectivity index (χ0) is 18.7. The molecule has 0 spiro atoms. The van der Waals surface area contributed by atoms with Crippen LogP contribution in [-0.4, -0.2) is 37.7 Å². The van der Waals surface area contributed by atoms with Gasteiger partial charge < -0.3 is 5.32 Å². The topological polar surface area (TPSA) is 79.4 Å². The number of carbonyl (C=O) groups is 1. The number of fused-ring (bicyclic) bond motifs is 1. The number of rotatable bonds is 5. The SMILES string of the molecule is CN(C)S(=O)(=O)c1ccccc1CNC(=O)c1ccc2ccccc2n1. The zero-order valence-electron chi connectivity index (χ0n) is 14.5. The van der Waals surface area contributed by atoms with E-state index in [2.05, 4.69) is 10.3 Å². The second kappa shape index (κ2) is 7.23. The second-order valence-corrected chi connectivity index (χ2v) is 8.09. The Kier molecular flexibility index (Phi) is 5.01. The zero-order valence-corrected chi connectivity index (χ0v) is 15.3. The highest BCUT2D eigenvalue weighted by Crippen LogP contribution is 2.18. The standard InChI is InChI=1S/C19H19N3O3S/c1-22(2)26(24,25)18-10-6-4-8-15(18)13-20-19(23)17-12-11-14-7-3-5-9-16(14)21-17/h3-12H,13H2,1-2H3,(H,20,23). The van der Waals surface area contributed by atoms with E-state index in [1.165, 1.54) is 20.2 Å². The summed E-state index contributed by atoms with van der Waals surface area (Å²) in [5.41, 5.74) is 1.54. The van der Waals surface area contributed by atoms with E-state index in [1.54, 1.807) is 24.3 Å². The molecule has 0 atom stereocenters. The highest BCUT2D eigenvalue weighted by atomic mass is 32.2. The Labute approximate surface area is 152 Å². The van der Waals surface area contributed by atoms with Crippen molar-refractivity contribution >= 4 is 26.8 Å². The molecule has 1 heterocycles. The van der Waals surface area contributed by atoms with E-state index >= 15 is 0 Å². The largest absolute Gasteiger partial charge is 0.347 e. The smallest absolute Gasteiger partial charge is 0.270 e. The Morgan fingerprint density at radius 2 is 1.69 bits per heavy atom.